The van der Waals surface area contributed by atoms with Gasteiger partial charge in [-0.2, -0.15) is 8.78 Å². The average molecular weight is 182 g/mol. The van der Waals surface area contributed by atoms with Crippen molar-refractivity contribution in [3.63, 3.8) is 0 Å². The topological polar surface area (TPSA) is 25.0 Å². The van der Waals surface area contributed by atoms with Crippen LogP contribution >= 0.6 is 0 Å². The van der Waals surface area contributed by atoms with E-state index in [1.165, 1.54) is 12.1 Å². The van der Waals surface area contributed by atoms with E-state index >= 15 is 0 Å². The molecular formula is C9H6F2NO. The average Bonchev–Trinajstić information content (AvgIpc) is 2.49. The lowest BCUT2D eigenvalue weighted by Gasteiger charge is -2.03. The first-order valence-electron chi connectivity index (χ1n) is 3.69. The molecule has 1 N–H and O–H groups in total. The van der Waals surface area contributed by atoms with Crippen molar-refractivity contribution in [2.24, 2.45) is 0 Å². The second-order valence-electron chi connectivity index (χ2n) is 2.52. The summed E-state index contributed by atoms with van der Waals surface area (Å²) in [5, 5.41) is 0.734. The number of H-pyrrole nitrogens is 1. The number of alkyl halides is 2. The minimum absolute atomic E-state index is 0.151. The van der Waals surface area contributed by atoms with Crippen LogP contribution in [0.25, 0.3) is 10.9 Å². The maximum Gasteiger partial charge on any atom is 0.387 e. The van der Waals surface area contributed by atoms with E-state index in [4.69, 9.17) is 0 Å². The van der Waals surface area contributed by atoms with Gasteiger partial charge in [-0.25, -0.2) is 0 Å². The third-order valence-electron chi connectivity index (χ3n) is 1.67. The van der Waals surface area contributed by atoms with Crippen LogP contribution < -0.4 is 4.74 Å². The predicted molar refractivity (Wildman–Crippen MR) is 43.8 cm³/mol. The Balaban J connectivity index is 2.37. The molecule has 0 saturated heterocycles. The number of hydrogen-bond donors (Lipinski definition) is 1. The van der Waals surface area contributed by atoms with Crippen LogP contribution in [0.3, 0.4) is 0 Å². The Hall–Kier alpha value is -1.58. The van der Waals surface area contributed by atoms with Crippen LogP contribution in [0.1, 0.15) is 0 Å². The molecule has 0 bridgehead atoms. The van der Waals surface area contributed by atoms with Gasteiger partial charge in [-0.3, -0.25) is 0 Å². The maximum absolute atomic E-state index is 11.8. The molecule has 0 aliphatic heterocycles. The van der Waals surface area contributed by atoms with Gasteiger partial charge < -0.3 is 9.72 Å². The minimum Gasteiger partial charge on any atom is -0.435 e. The Labute approximate surface area is 73.1 Å². The van der Waals surface area contributed by atoms with Crippen molar-refractivity contribution in [1.29, 1.82) is 0 Å². The van der Waals surface area contributed by atoms with Crippen molar-refractivity contribution in [2.45, 2.75) is 6.61 Å². The number of fused-ring (bicyclic) bond motifs is 1. The summed E-state index contributed by atoms with van der Waals surface area (Å²) in [6, 6.07) is 7.52. The number of aromatic nitrogens is 1. The minimum atomic E-state index is -2.78. The summed E-state index contributed by atoms with van der Waals surface area (Å²) >= 11 is 0. The van der Waals surface area contributed by atoms with Crippen LogP contribution in [-0.2, 0) is 0 Å². The van der Waals surface area contributed by atoms with Gasteiger partial charge in [0.1, 0.15) is 5.75 Å². The number of hydrogen-bond acceptors (Lipinski definition) is 1. The van der Waals surface area contributed by atoms with Crippen LogP contribution in [0, 0.1) is 6.07 Å². The molecule has 1 radical (unpaired) electrons. The summed E-state index contributed by atoms with van der Waals surface area (Å²) in [5.41, 5.74) is 0.849. The lowest BCUT2D eigenvalue weighted by molar-refractivity contribution is -0.0497. The SMILES string of the molecule is FC(F)Oc1ccc2[nH]c[c]c2c1. The second kappa shape index (κ2) is 3.05. The first-order chi connectivity index (χ1) is 6.25. The van der Waals surface area contributed by atoms with Gasteiger partial charge in [0, 0.05) is 23.2 Å². The van der Waals surface area contributed by atoms with Gasteiger partial charge >= 0.3 is 6.61 Å². The molecule has 0 atom stereocenters. The maximum atomic E-state index is 11.8. The fraction of sp³-hybridized carbons (Fsp3) is 0.111. The van der Waals surface area contributed by atoms with Crippen molar-refractivity contribution in [3.8, 4) is 5.75 Å². The Morgan fingerprint density at radius 1 is 1.38 bits per heavy atom. The standard InChI is InChI=1S/C9H6F2NO/c10-9(11)13-7-1-2-8-6(5-7)3-4-12-8/h1-2,4-5,9,12H. The van der Waals surface area contributed by atoms with E-state index in [1.54, 1.807) is 12.3 Å². The van der Waals surface area contributed by atoms with Crippen molar-refractivity contribution in [1.82, 2.24) is 4.98 Å². The van der Waals surface area contributed by atoms with Crippen LogP contribution in [0.15, 0.2) is 24.4 Å². The molecule has 0 amide bonds. The normalized spacial score (nSPS) is 11.0. The van der Waals surface area contributed by atoms with Gasteiger partial charge in [-0.1, -0.05) is 0 Å². The molecular weight excluding hydrogens is 176 g/mol. The fourth-order valence-electron chi connectivity index (χ4n) is 1.14. The quantitative estimate of drug-likeness (QED) is 0.758. The molecule has 1 aromatic heterocycles. The smallest absolute Gasteiger partial charge is 0.387 e. The van der Waals surface area contributed by atoms with E-state index < -0.39 is 6.61 Å². The highest BCUT2D eigenvalue weighted by atomic mass is 19.3. The fourth-order valence-corrected chi connectivity index (χ4v) is 1.14. The number of nitrogens with one attached hydrogen (secondary N) is 1. The summed E-state index contributed by atoms with van der Waals surface area (Å²) < 4.78 is 27.8. The molecule has 13 heavy (non-hydrogen) atoms. The van der Waals surface area contributed by atoms with Crippen molar-refractivity contribution < 1.29 is 13.5 Å². The lowest BCUT2D eigenvalue weighted by Crippen LogP contribution is -2.01. The van der Waals surface area contributed by atoms with Gasteiger partial charge in [0.05, 0.1) is 0 Å². The molecule has 2 rings (SSSR count). The van der Waals surface area contributed by atoms with Crippen molar-refractivity contribution in [2.75, 3.05) is 0 Å². The van der Waals surface area contributed by atoms with E-state index in [0.29, 0.717) is 0 Å². The van der Waals surface area contributed by atoms with Crippen LogP contribution in [0.4, 0.5) is 8.78 Å². The summed E-state index contributed by atoms with van der Waals surface area (Å²) in [6.07, 6.45) is 1.62. The molecule has 2 aromatic rings. The number of rotatable bonds is 2. The van der Waals surface area contributed by atoms with Crippen molar-refractivity contribution >= 4 is 10.9 Å². The molecule has 0 unspecified atom stereocenters. The molecule has 2 nitrogen and oxygen atoms in total. The zero-order valence-corrected chi connectivity index (χ0v) is 6.55. The van der Waals surface area contributed by atoms with Gasteiger partial charge in [-0.15, -0.1) is 0 Å². The molecule has 1 heterocycles. The summed E-state index contributed by atoms with van der Waals surface area (Å²) in [5.74, 6) is 0.151. The van der Waals surface area contributed by atoms with Crippen LogP contribution in [0.5, 0.6) is 5.75 Å². The van der Waals surface area contributed by atoms with Gasteiger partial charge in [0.15, 0.2) is 0 Å². The first-order valence-corrected chi connectivity index (χ1v) is 3.69. The third-order valence-corrected chi connectivity index (χ3v) is 1.67. The number of ether oxygens (including phenoxy) is 1. The Morgan fingerprint density at radius 2 is 2.23 bits per heavy atom. The number of aromatic amines is 1. The highest BCUT2D eigenvalue weighted by molar-refractivity contribution is 5.80. The molecule has 0 aliphatic rings. The van der Waals surface area contributed by atoms with Gasteiger partial charge in [0.25, 0.3) is 0 Å². The Morgan fingerprint density at radius 3 is 3.00 bits per heavy atom. The van der Waals surface area contributed by atoms with E-state index in [0.717, 1.165) is 10.9 Å². The molecule has 67 valence electrons. The third kappa shape index (κ3) is 1.61. The zero-order valence-electron chi connectivity index (χ0n) is 6.55. The van der Waals surface area contributed by atoms with E-state index in [-0.39, 0.29) is 5.75 Å². The van der Waals surface area contributed by atoms with Crippen LogP contribution in [-0.4, -0.2) is 11.6 Å². The Kier molecular flexibility index (Phi) is 1.88. The van der Waals surface area contributed by atoms with Gasteiger partial charge in [0.2, 0.25) is 0 Å². The van der Waals surface area contributed by atoms with E-state index in [1.807, 2.05) is 0 Å². The first kappa shape index (κ1) is 8.04. The van der Waals surface area contributed by atoms with E-state index in [9.17, 15) is 8.78 Å². The van der Waals surface area contributed by atoms with E-state index in [2.05, 4.69) is 15.8 Å². The molecule has 4 heteroatoms. The molecule has 0 saturated carbocycles. The second-order valence-corrected chi connectivity index (χ2v) is 2.52. The zero-order chi connectivity index (χ0) is 9.26. The summed E-state index contributed by atoms with van der Waals surface area (Å²) in [7, 11) is 0. The summed E-state index contributed by atoms with van der Waals surface area (Å²) in [6.45, 7) is -2.78. The summed E-state index contributed by atoms with van der Waals surface area (Å²) in [4.78, 5) is 2.90. The van der Waals surface area contributed by atoms with Crippen LogP contribution in [0.2, 0.25) is 0 Å². The highest BCUT2D eigenvalue weighted by Gasteiger charge is 2.04. The number of benzene rings is 1. The van der Waals surface area contributed by atoms with Gasteiger partial charge in [-0.05, 0) is 18.2 Å². The largest absolute Gasteiger partial charge is 0.435 e. The molecule has 0 fully saturated rings. The molecule has 1 aromatic carbocycles. The predicted octanol–water partition coefficient (Wildman–Crippen LogP) is 2.57. The monoisotopic (exact) mass is 182 g/mol. The lowest BCUT2D eigenvalue weighted by atomic mass is 10.2. The number of halogens is 2. The Bertz CT molecular complexity index is 411. The molecule has 0 spiro atoms. The molecule has 0 aliphatic carbocycles. The van der Waals surface area contributed by atoms with Crippen molar-refractivity contribution in [3.05, 3.63) is 30.5 Å². The highest BCUT2D eigenvalue weighted by Crippen LogP contribution is 2.20.